The van der Waals surface area contributed by atoms with E-state index in [0.717, 1.165) is 18.9 Å². The topological polar surface area (TPSA) is 69.5 Å². The number of nitrogens with zero attached hydrogens (tertiary/aromatic N) is 1. The van der Waals surface area contributed by atoms with Gasteiger partial charge in [0.15, 0.2) is 6.54 Å². The van der Waals surface area contributed by atoms with Gasteiger partial charge in [0, 0.05) is 11.6 Å². The van der Waals surface area contributed by atoms with Crippen molar-refractivity contribution in [3.05, 3.63) is 35.4 Å². The van der Waals surface area contributed by atoms with Crippen molar-refractivity contribution in [2.24, 2.45) is 5.92 Å². The second kappa shape index (κ2) is 6.41. The molecule has 1 aromatic rings. The molecule has 4 nitrogen and oxygen atoms in total. The number of nitrogens with one attached hydrogen (secondary N) is 1. The molecule has 0 aliphatic heterocycles. The van der Waals surface area contributed by atoms with Gasteiger partial charge in [0.05, 0.1) is 6.07 Å². The lowest BCUT2D eigenvalue weighted by atomic mass is 9.98. The molecule has 2 atom stereocenters. The van der Waals surface area contributed by atoms with Crippen LogP contribution in [0.2, 0.25) is 0 Å². The van der Waals surface area contributed by atoms with Crippen molar-refractivity contribution in [2.75, 3.05) is 6.54 Å². The minimum atomic E-state index is -0.824. The summed E-state index contributed by atoms with van der Waals surface area (Å²) in [5.41, 5.74) is -0.477. The van der Waals surface area contributed by atoms with Gasteiger partial charge < -0.3 is 10.6 Å². The summed E-state index contributed by atoms with van der Waals surface area (Å²) >= 11 is 0. The number of quaternary nitrogens is 1. The molecule has 1 amide bonds. The molecular formula is C16H20F2N3O+. The molecule has 22 heavy (non-hydrogen) atoms. The second-order valence-corrected chi connectivity index (χ2v) is 6.03. The fourth-order valence-electron chi connectivity index (χ4n) is 2.50. The summed E-state index contributed by atoms with van der Waals surface area (Å²) in [5, 5.41) is 13.6. The Labute approximate surface area is 128 Å². The molecule has 6 heteroatoms. The maximum Gasteiger partial charge on any atom is 0.276 e. The zero-order valence-electron chi connectivity index (χ0n) is 12.7. The molecule has 1 aliphatic rings. The largest absolute Gasteiger partial charge is 0.333 e. The molecule has 0 spiro atoms. The summed E-state index contributed by atoms with van der Waals surface area (Å²) in [7, 11) is 0. The van der Waals surface area contributed by atoms with Gasteiger partial charge in [-0.05, 0) is 44.7 Å². The summed E-state index contributed by atoms with van der Waals surface area (Å²) in [6.45, 7) is 3.56. The van der Waals surface area contributed by atoms with Crippen LogP contribution in [0.25, 0.3) is 0 Å². The van der Waals surface area contributed by atoms with Crippen LogP contribution < -0.4 is 10.6 Å². The Kier molecular flexibility index (Phi) is 4.77. The fraction of sp³-hybridized carbons (Fsp3) is 0.500. The third-order valence-corrected chi connectivity index (χ3v) is 4.14. The number of halogens is 2. The Morgan fingerprint density at radius 2 is 2.23 bits per heavy atom. The number of hydrogen-bond donors (Lipinski definition) is 2. The van der Waals surface area contributed by atoms with Gasteiger partial charge in [-0.25, -0.2) is 8.78 Å². The summed E-state index contributed by atoms with van der Waals surface area (Å²) in [6, 6.07) is 5.25. The Balaban J connectivity index is 1.89. The molecule has 0 bridgehead atoms. The van der Waals surface area contributed by atoms with E-state index in [1.165, 1.54) is 12.1 Å². The highest BCUT2D eigenvalue weighted by molar-refractivity contribution is 5.78. The van der Waals surface area contributed by atoms with E-state index in [-0.39, 0.29) is 24.4 Å². The summed E-state index contributed by atoms with van der Waals surface area (Å²) in [5.74, 6) is -1.29. The first-order chi connectivity index (χ1) is 10.4. The maximum atomic E-state index is 13.7. The second-order valence-electron chi connectivity index (χ2n) is 6.03. The highest BCUT2D eigenvalue weighted by atomic mass is 19.1. The number of nitriles is 1. The molecule has 3 N–H and O–H groups in total. The maximum absolute atomic E-state index is 13.7. The molecule has 118 valence electrons. The van der Waals surface area contributed by atoms with E-state index < -0.39 is 17.2 Å². The molecule has 1 aromatic carbocycles. The minimum Gasteiger partial charge on any atom is -0.333 e. The molecule has 1 aliphatic carbocycles. The lowest BCUT2D eigenvalue weighted by Gasteiger charge is -2.22. The van der Waals surface area contributed by atoms with Gasteiger partial charge in [-0.2, -0.15) is 5.26 Å². The van der Waals surface area contributed by atoms with Crippen molar-refractivity contribution in [3.8, 4) is 6.07 Å². The molecular weight excluding hydrogens is 288 g/mol. The molecule has 0 unspecified atom stereocenters. The van der Waals surface area contributed by atoms with E-state index in [0.29, 0.717) is 5.56 Å². The standard InChI is InChI=1S/C16H19F2N3O/c1-10(13-6-5-12(17)7-14(13)18)20-8-15(22)21-16(2,9-19)11-3-4-11/h5-7,10-11,20H,3-4,8H2,1-2H3,(H,21,22)/p+1/t10-,16-/m0/s1. The van der Waals surface area contributed by atoms with Crippen molar-refractivity contribution in [1.82, 2.24) is 5.32 Å². The first-order valence-electron chi connectivity index (χ1n) is 7.36. The Bertz CT molecular complexity index is 610. The highest BCUT2D eigenvalue weighted by Crippen LogP contribution is 2.39. The average Bonchev–Trinajstić information content (AvgIpc) is 3.29. The first kappa shape index (κ1) is 16.4. The highest BCUT2D eigenvalue weighted by Gasteiger charge is 2.43. The van der Waals surface area contributed by atoms with Gasteiger partial charge in [-0.3, -0.25) is 4.79 Å². The van der Waals surface area contributed by atoms with E-state index in [1.807, 2.05) is 0 Å². The van der Waals surface area contributed by atoms with Crippen molar-refractivity contribution >= 4 is 5.91 Å². The van der Waals surface area contributed by atoms with E-state index in [2.05, 4.69) is 11.4 Å². The predicted octanol–water partition coefficient (Wildman–Crippen LogP) is 1.40. The van der Waals surface area contributed by atoms with Crippen LogP contribution in [-0.2, 0) is 4.79 Å². The van der Waals surface area contributed by atoms with Crippen LogP contribution in [0.5, 0.6) is 0 Å². The fourth-order valence-corrected chi connectivity index (χ4v) is 2.50. The van der Waals surface area contributed by atoms with E-state index >= 15 is 0 Å². The Hall–Kier alpha value is -2.00. The third kappa shape index (κ3) is 3.80. The van der Waals surface area contributed by atoms with Crippen LogP contribution in [0.3, 0.4) is 0 Å². The number of carbonyl (C=O) groups is 1. The summed E-state index contributed by atoms with van der Waals surface area (Å²) in [4.78, 5) is 12.0. The van der Waals surface area contributed by atoms with Crippen molar-refractivity contribution in [2.45, 2.75) is 38.3 Å². The van der Waals surface area contributed by atoms with Gasteiger partial charge in [-0.1, -0.05) is 0 Å². The van der Waals surface area contributed by atoms with Crippen molar-refractivity contribution in [1.29, 1.82) is 5.26 Å². The number of nitrogens with two attached hydrogens (primary N) is 1. The number of rotatable bonds is 6. The SMILES string of the molecule is C[C@H]([NH2+]CC(=O)N[C@@](C)(C#N)C1CC1)c1ccc(F)cc1F. The van der Waals surface area contributed by atoms with E-state index in [9.17, 15) is 18.8 Å². The van der Waals surface area contributed by atoms with Crippen molar-refractivity contribution < 1.29 is 18.9 Å². The van der Waals surface area contributed by atoms with E-state index in [1.54, 1.807) is 19.2 Å². The van der Waals surface area contributed by atoms with Crippen LogP contribution >= 0.6 is 0 Å². The van der Waals surface area contributed by atoms with Gasteiger partial charge >= 0.3 is 0 Å². The molecule has 0 radical (unpaired) electrons. The van der Waals surface area contributed by atoms with Gasteiger partial charge in [0.2, 0.25) is 0 Å². The van der Waals surface area contributed by atoms with Crippen LogP contribution in [-0.4, -0.2) is 18.0 Å². The van der Waals surface area contributed by atoms with Gasteiger partial charge in [0.1, 0.15) is 23.2 Å². The smallest absolute Gasteiger partial charge is 0.276 e. The number of benzene rings is 1. The van der Waals surface area contributed by atoms with Crippen LogP contribution in [0.1, 0.15) is 38.3 Å². The van der Waals surface area contributed by atoms with Gasteiger partial charge in [-0.15, -0.1) is 0 Å². The number of carbonyl (C=O) groups excluding carboxylic acids is 1. The van der Waals surface area contributed by atoms with Crippen molar-refractivity contribution in [3.63, 3.8) is 0 Å². The molecule has 0 saturated heterocycles. The van der Waals surface area contributed by atoms with Crippen LogP contribution in [0.4, 0.5) is 8.78 Å². The Morgan fingerprint density at radius 1 is 1.55 bits per heavy atom. The molecule has 0 heterocycles. The normalized spacial score (nSPS) is 18.1. The zero-order valence-corrected chi connectivity index (χ0v) is 12.7. The Morgan fingerprint density at radius 3 is 2.77 bits per heavy atom. The summed E-state index contributed by atoms with van der Waals surface area (Å²) in [6.07, 6.45) is 1.90. The number of amides is 1. The molecule has 1 fully saturated rings. The molecule has 2 rings (SSSR count). The van der Waals surface area contributed by atoms with Crippen LogP contribution in [0.15, 0.2) is 18.2 Å². The quantitative estimate of drug-likeness (QED) is 0.834. The van der Waals surface area contributed by atoms with Gasteiger partial charge in [0.25, 0.3) is 5.91 Å². The number of hydrogen-bond acceptors (Lipinski definition) is 2. The lowest BCUT2D eigenvalue weighted by molar-refractivity contribution is -0.682. The minimum absolute atomic E-state index is 0.0853. The monoisotopic (exact) mass is 308 g/mol. The third-order valence-electron chi connectivity index (χ3n) is 4.14. The predicted molar refractivity (Wildman–Crippen MR) is 76.5 cm³/mol. The van der Waals surface area contributed by atoms with E-state index in [4.69, 9.17) is 0 Å². The lowest BCUT2D eigenvalue weighted by Crippen LogP contribution is -2.87. The zero-order chi connectivity index (χ0) is 16.3. The first-order valence-corrected chi connectivity index (χ1v) is 7.36. The average molecular weight is 308 g/mol. The van der Waals surface area contributed by atoms with Crippen LogP contribution in [0, 0.1) is 28.9 Å². The molecule has 1 saturated carbocycles. The molecule has 0 aromatic heterocycles. The summed E-state index contributed by atoms with van der Waals surface area (Å²) < 4.78 is 26.5.